The molecule has 0 aliphatic carbocycles. The Morgan fingerprint density at radius 2 is 2.25 bits per heavy atom. The summed E-state index contributed by atoms with van der Waals surface area (Å²) < 4.78 is 25.7. The summed E-state index contributed by atoms with van der Waals surface area (Å²) in [6.45, 7) is 1.60. The SMILES string of the molecule is CCS(=O)(=O)c1cnc2cc(Cl)c(Br)cn12. The third-order valence-electron chi connectivity index (χ3n) is 2.22. The van der Waals surface area contributed by atoms with E-state index in [0.29, 0.717) is 15.1 Å². The lowest BCUT2D eigenvalue weighted by atomic mass is 10.5. The minimum absolute atomic E-state index is 0.0427. The highest BCUT2D eigenvalue weighted by molar-refractivity contribution is 9.10. The summed E-state index contributed by atoms with van der Waals surface area (Å²) in [4.78, 5) is 4.01. The Balaban J connectivity index is 2.80. The Morgan fingerprint density at radius 1 is 1.56 bits per heavy atom. The van der Waals surface area contributed by atoms with Crippen molar-refractivity contribution in [2.45, 2.75) is 11.9 Å². The number of fused-ring (bicyclic) bond motifs is 1. The molecular formula is C9H8BrClN2O2S. The van der Waals surface area contributed by atoms with Gasteiger partial charge in [0.05, 0.1) is 21.4 Å². The van der Waals surface area contributed by atoms with Crippen LogP contribution in [0.4, 0.5) is 0 Å². The van der Waals surface area contributed by atoms with E-state index in [2.05, 4.69) is 20.9 Å². The van der Waals surface area contributed by atoms with Gasteiger partial charge in [0.1, 0.15) is 5.65 Å². The van der Waals surface area contributed by atoms with Gasteiger partial charge in [-0.15, -0.1) is 0 Å². The van der Waals surface area contributed by atoms with Crippen LogP contribution in [-0.2, 0) is 9.84 Å². The maximum absolute atomic E-state index is 11.8. The molecule has 2 rings (SSSR count). The summed E-state index contributed by atoms with van der Waals surface area (Å²) in [5.41, 5.74) is 0.514. The number of nitrogens with zero attached hydrogens (tertiary/aromatic N) is 2. The van der Waals surface area contributed by atoms with Crippen LogP contribution in [0.2, 0.25) is 5.02 Å². The summed E-state index contributed by atoms with van der Waals surface area (Å²) in [7, 11) is -3.27. The van der Waals surface area contributed by atoms with Crippen LogP contribution in [0, 0.1) is 0 Å². The summed E-state index contributed by atoms with van der Waals surface area (Å²) in [5, 5.41) is 0.681. The van der Waals surface area contributed by atoms with Crippen molar-refractivity contribution in [1.29, 1.82) is 0 Å². The van der Waals surface area contributed by atoms with E-state index in [1.54, 1.807) is 19.2 Å². The Labute approximate surface area is 106 Å². The van der Waals surface area contributed by atoms with Gasteiger partial charge < -0.3 is 0 Å². The molecule has 2 heterocycles. The second kappa shape index (κ2) is 4.01. The van der Waals surface area contributed by atoms with Gasteiger partial charge >= 0.3 is 0 Å². The molecule has 0 aliphatic heterocycles. The molecule has 86 valence electrons. The van der Waals surface area contributed by atoms with Crippen LogP contribution < -0.4 is 0 Å². The summed E-state index contributed by atoms with van der Waals surface area (Å²) in [6.07, 6.45) is 2.95. The summed E-state index contributed by atoms with van der Waals surface area (Å²) >= 11 is 9.14. The van der Waals surface area contributed by atoms with Gasteiger partial charge in [0.25, 0.3) is 0 Å². The first-order valence-corrected chi connectivity index (χ1v) is 7.33. The lowest BCUT2D eigenvalue weighted by molar-refractivity contribution is 0.592. The smallest absolute Gasteiger partial charge is 0.195 e. The van der Waals surface area contributed by atoms with E-state index in [1.807, 2.05) is 0 Å². The van der Waals surface area contributed by atoms with Crippen molar-refractivity contribution < 1.29 is 8.42 Å². The zero-order valence-electron chi connectivity index (χ0n) is 8.31. The monoisotopic (exact) mass is 322 g/mol. The summed E-state index contributed by atoms with van der Waals surface area (Å²) in [6, 6.07) is 1.61. The van der Waals surface area contributed by atoms with Gasteiger partial charge in [-0.05, 0) is 15.9 Å². The molecule has 2 aromatic rings. The number of hydrogen-bond acceptors (Lipinski definition) is 3. The maximum Gasteiger partial charge on any atom is 0.195 e. The van der Waals surface area contributed by atoms with E-state index in [1.165, 1.54) is 10.6 Å². The van der Waals surface area contributed by atoms with Crippen molar-refractivity contribution in [2.75, 3.05) is 5.75 Å². The highest BCUT2D eigenvalue weighted by atomic mass is 79.9. The second-order valence-corrected chi connectivity index (χ2v) is 6.68. The fourth-order valence-electron chi connectivity index (χ4n) is 1.33. The predicted molar refractivity (Wildman–Crippen MR) is 65.6 cm³/mol. The van der Waals surface area contributed by atoms with Crippen LogP contribution in [0.3, 0.4) is 0 Å². The van der Waals surface area contributed by atoms with Gasteiger partial charge in [-0.25, -0.2) is 13.4 Å². The third-order valence-corrected chi connectivity index (χ3v) is 5.09. The molecule has 0 aliphatic rings. The van der Waals surface area contributed by atoms with Crippen LogP contribution in [0.5, 0.6) is 0 Å². The van der Waals surface area contributed by atoms with Crippen LogP contribution >= 0.6 is 27.5 Å². The number of halogens is 2. The first-order valence-electron chi connectivity index (χ1n) is 4.50. The number of sulfone groups is 1. The first kappa shape index (κ1) is 11.9. The average molecular weight is 324 g/mol. The molecule has 0 saturated heterocycles. The predicted octanol–water partition coefficient (Wildman–Crippen LogP) is 2.54. The molecular weight excluding hydrogens is 316 g/mol. The lowest BCUT2D eigenvalue weighted by Gasteiger charge is -2.02. The topological polar surface area (TPSA) is 51.4 Å². The summed E-state index contributed by atoms with van der Waals surface area (Å²) in [5.74, 6) is 0.0427. The standard InChI is InChI=1S/C9H8BrClN2O2S/c1-2-16(14,15)9-4-12-8-3-7(11)6(10)5-13(8)9/h3-5H,2H2,1H3. The van der Waals surface area contributed by atoms with Crippen molar-refractivity contribution in [1.82, 2.24) is 9.38 Å². The number of rotatable bonds is 2. The average Bonchev–Trinajstić information content (AvgIpc) is 2.62. The fourth-order valence-corrected chi connectivity index (χ4v) is 2.75. The molecule has 0 amide bonds. The van der Waals surface area contributed by atoms with Crippen molar-refractivity contribution in [3.05, 3.63) is 28.0 Å². The van der Waals surface area contributed by atoms with Crippen molar-refractivity contribution in [3.8, 4) is 0 Å². The van der Waals surface area contributed by atoms with E-state index < -0.39 is 9.84 Å². The van der Waals surface area contributed by atoms with Crippen molar-refractivity contribution in [2.24, 2.45) is 0 Å². The normalized spacial score (nSPS) is 12.2. The molecule has 0 unspecified atom stereocenters. The fraction of sp³-hybridized carbons (Fsp3) is 0.222. The van der Waals surface area contributed by atoms with E-state index in [-0.39, 0.29) is 10.8 Å². The molecule has 2 aromatic heterocycles. The molecule has 0 bridgehead atoms. The minimum Gasteiger partial charge on any atom is -0.289 e. The number of aromatic nitrogens is 2. The second-order valence-electron chi connectivity index (χ2n) is 3.20. The molecule has 16 heavy (non-hydrogen) atoms. The number of imidazole rings is 1. The number of pyridine rings is 1. The van der Waals surface area contributed by atoms with Gasteiger partial charge in [-0.1, -0.05) is 18.5 Å². The largest absolute Gasteiger partial charge is 0.289 e. The Bertz CT molecular complexity index is 651. The number of hydrogen-bond donors (Lipinski definition) is 0. The lowest BCUT2D eigenvalue weighted by Crippen LogP contribution is -2.06. The third kappa shape index (κ3) is 1.85. The van der Waals surface area contributed by atoms with E-state index in [4.69, 9.17) is 11.6 Å². The Hall–Kier alpha value is -0.590. The molecule has 0 saturated carbocycles. The van der Waals surface area contributed by atoms with Gasteiger partial charge in [0, 0.05) is 12.3 Å². The van der Waals surface area contributed by atoms with E-state index in [0.717, 1.165) is 0 Å². The molecule has 0 aromatic carbocycles. The van der Waals surface area contributed by atoms with Crippen molar-refractivity contribution in [3.63, 3.8) is 0 Å². The molecule has 0 spiro atoms. The van der Waals surface area contributed by atoms with E-state index in [9.17, 15) is 8.42 Å². The van der Waals surface area contributed by atoms with E-state index >= 15 is 0 Å². The quantitative estimate of drug-likeness (QED) is 0.853. The van der Waals surface area contributed by atoms with Gasteiger partial charge in [-0.3, -0.25) is 4.40 Å². The molecule has 0 radical (unpaired) electrons. The minimum atomic E-state index is -3.27. The van der Waals surface area contributed by atoms with Crippen LogP contribution in [0.1, 0.15) is 6.92 Å². The molecule has 7 heteroatoms. The van der Waals surface area contributed by atoms with Gasteiger partial charge in [-0.2, -0.15) is 0 Å². The van der Waals surface area contributed by atoms with Gasteiger partial charge in [0.2, 0.25) is 0 Å². The first-order chi connectivity index (χ1) is 7.45. The Kier molecular flexibility index (Phi) is 2.98. The van der Waals surface area contributed by atoms with Crippen LogP contribution in [-0.4, -0.2) is 23.6 Å². The molecule has 0 atom stereocenters. The highest BCUT2D eigenvalue weighted by Gasteiger charge is 2.17. The highest BCUT2D eigenvalue weighted by Crippen LogP contribution is 2.25. The maximum atomic E-state index is 11.8. The van der Waals surface area contributed by atoms with Crippen molar-refractivity contribution >= 4 is 43.0 Å². The van der Waals surface area contributed by atoms with Gasteiger partial charge in [0.15, 0.2) is 14.9 Å². The zero-order valence-corrected chi connectivity index (χ0v) is 11.5. The molecule has 0 N–H and O–H groups in total. The molecule has 4 nitrogen and oxygen atoms in total. The Morgan fingerprint density at radius 3 is 2.88 bits per heavy atom. The molecule has 0 fully saturated rings. The van der Waals surface area contributed by atoms with Crippen LogP contribution in [0.15, 0.2) is 28.0 Å². The zero-order chi connectivity index (χ0) is 11.9. The van der Waals surface area contributed by atoms with Crippen LogP contribution in [0.25, 0.3) is 5.65 Å².